The Kier molecular flexibility index (Phi) is 15.6. The SMILES string of the molecule is CO[C@@H]1[C@H](O)[C@@H](C)O[C@@H](OC[C@H]2/C=C/C=C/C(=O)[C@H](C)C[C@H](C)[C@H](O[C@@H]3O[C@H](C)C[C@](O)([C@H](C)O)[C@H]3O)[C@@H](C)/C=C\C(=O)O[C@H]2C)[C@@H]1OC. The summed E-state index contributed by atoms with van der Waals surface area (Å²) in [5.74, 6) is -2.21. The number of aliphatic hydroxyl groups excluding tert-OH is 3. The van der Waals surface area contributed by atoms with Crippen LogP contribution in [0.15, 0.2) is 36.5 Å². The fraction of sp³-hybridized carbons (Fsp3) is 0.778. The minimum Gasteiger partial charge on any atom is -0.459 e. The Morgan fingerprint density at radius 3 is 2.20 bits per heavy atom. The number of ether oxygens (including phenoxy) is 7. The van der Waals surface area contributed by atoms with Gasteiger partial charge in [-0.1, -0.05) is 45.1 Å². The highest BCUT2D eigenvalue weighted by atomic mass is 16.7. The van der Waals surface area contributed by atoms with Crippen molar-refractivity contribution in [1.29, 1.82) is 0 Å². The number of hydrogen-bond donors (Lipinski definition) is 4. The summed E-state index contributed by atoms with van der Waals surface area (Å²) < 4.78 is 41.0. The molecule has 0 unspecified atom stereocenters. The van der Waals surface area contributed by atoms with Crippen molar-refractivity contribution in [3.05, 3.63) is 36.5 Å². The summed E-state index contributed by atoms with van der Waals surface area (Å²) in [7, 11) is 2.95. The molecule has 0 aromatic heterocycles. The van der Waals surface area contributed by atoms with Gasteiger partial charge in [-0.15, -0.1) is 0 Å². The molecule has 3 aliphatic heterocycles. The van der Waals surface area contributed by atoms with Crippen LogP contribution >= 0.6 is 0 Å². The molecule has 4 N–H and O–H groups in total. The van der Waals surface area contributed by atoms with Crippen LogP contribution < -0.4 is 0 Å². The van der Waals surface area contributed by atoms with E-state index in [1.165, 1.54) is 33.3 Å². The summed E-state index contributed by atoms with van der Waals surface area (Å²) in [6.45, 7) is 12.2. The molecule has 16 atom stereocenters. The average molecular weight is 699 g/mol. The van der Waals surface area contributed by atoms with Crippen LogP contribution in [0.25, 0.3) is 0 Å². The third kappa shape index (κ3) is 10.5. The molecule has 0 aromatic carbocycles. The first-order chi connectivity index (χ1) is 23.0. The summed E-state index contributed by atoms with van der Waals surface area (Å²) in [6, 6.07) is 0. The minimum atomic E-state index is -1.84. The predicted molar refractivity (Wildman–Crippen MR) is 178 cm³/mol. The fourth-order valence-corrected chi connectivity index (χ4v) is 6.80. The molecular weight excluding hydrogens is 640 g/mol. The molecule has 49 heavy (non-hydrogen) atoms. The van der Waals surface area contributed by atoms with E-state index in [0.29, 0.717) is 6.42 Å². The third-order valence-electron chi connectivity index (χ3n) is 9.98. The molecule has 3 aliphatic rings. The molecule has 0 aromatic rings. The van der Waals surface area contributed by atoms with Crippen molar-refractivity contribution >= 4 is 11.8 Å². The molecule has 2 fully saturated rings. The number of aliphatic hydroxyl groups is 4. The maximum Gasteiger partial charge on any atom is 0.330 e. The number of methoxy groups -OCH3 is 2. The molecule has 3 heterocycles. The highest BCUT2D eigenvalue weighted by Crippen LogP contribution is 2.36. The standard InChI is InChI=1S/C36H58O13/c1-19-14-15-28(39)47-23(5)26(18-45-34-32(44-9)31(43-8)29(40)24(6)48-34)12-10-11-13-27(38)20(2)16-21(3)30(19)49-35-33(41)36(42,25(7)37)17-22(4)46-35/h10-15,19-26,29-35,37,40-42H,16-18H2,1-9H3/b12-10+,13-11+,15-14-/t19-,20+,21-,22+,23-,24+,25-,26+,29+,30+,31+,32+,33-,34+,35-,36-/m0/s1. The van der Waals surface area contributed by atoms with E-state index in [-0.39, 0.29) is 30.6 Å². The van der Waals surface area contributed by atoms with Crippen LogP contribution in [0.5, 0.6) is 0 Å². The van der Waals surface area contributed by atoms with E-state index in [2.05, 4.69) is 0 Å². The summed E-state index contributed by atoms with van der Waals surface area (Å²) >= 11 is 0. The Morgan fingerprint density at radius 2 is 1.57 bits per heavy atom. The second-order valence-corrected chi connectivity index (χ2v) is 14.0. The largest absolute Gasteiger partial charge is 0.459 e. The van der Waals surface area contributed by atoms with Gasteiger partial charge >= 0.3 is 5.97 Å². The normalized spacial score (nSPS) is 45.7. The van der Waals surface area contributed by atoms with Gasteiger partial charge in [0.05, 0.1) is 31.0 Å². The Morgan fingerprint density at radius 1 is 0.898 bits per heavy atom. The van der Waals surface area contributed by atoms with Crippen molar-refractivity contribution in [3.8, 4) is 0 Å². The highest BCUT2D eigenvalue weighted by Gasteiger charge is 2.52. The quantitative estimate of drug-likeness (QED) is 0.272. The molecule has 0 bridgehead atoms. The number of carbonyl (C=O) groups is 2. The minimum absolute atomic E-state index is 0.0142. The van der Waals surface area contributed by atoms with Gasteiger partial charge in [0.1, 0.15) is 36.1 Å². The number of carbonyl (C=O) groups excluding carboxylic acids is 2. The molecule has 0 amide bonds. The third-order valence-corrected chi connectivity index (χ3v) is 9.98. The topological polar surface area (TPSA) is 180 Å². The van der Waals surface area contributed by atoms with Crippen LogP contribution in [-0.2, 0) is 42.7 Å². The van der Waals surface area contributed by atoms with Gasteiger partial charge in [0.2, 0.25) is 0 Å². The lowest BCUT2D eigenvalue weighted by atomic mass is 9.82. The molecule has 2 saturated heterocycles. The van der Waals surface area contributed by atoms with Crippen LogP contribution in [0.4, 0.5) is 0 Å². The number of hydrogen-bond acceptors (Lipinski definition) is 13. The van der Waals surface area contributed by atoms with Crippen molar-refractivity contribution in [1.82, 2.24) is 0 Å². The number of esters is 1. The average Bonchev–Trinajstić information content (AvgIpc) is 3.04. The molecule has 3 rings (SSSR count). The number of allylic oxidation sites excluding steroid dienone is 3. The first-order valence-corrected chi connectivity index (χ1v) is 17.2. The summed E-state index contributed by atoms with van der Waals surface area (Å²) in [5.41, 5.74) is -1.84. The van der Waals surface area contributed by atoms with Gasteiger partial charge in [0.25, 0.3) is 0 Å². The second-order valence-electron chi connectivity index (χ2n) is 14.0. The molecule has 0 aliphatic carbocycles. The Bertz CT molecular complexity index is 1160. The smallest absolute Gasteiger partial charge is 0.330 e. The molecule has 0 radical (unpaired) electrons. The van der Waals surface area contributed by atoms with Gasteiger partial charge in [-0.2, -0.15) is 0 Å². The van der Waals surface area contributed by atoms with E-state index >= 15 is 0 Å². The van der Waals surface area contributed by atoms with Gasteiger partial charge in [-0.3, -0.25) is 4.79 Å². The zero-order chi connectivity index (χ0) is 36.6. The lowest BCUT2D eigenvalue weighted by Crippen LogP contribution is -2.63. The van der Waals surface area contributed by atoms with Crippen LogP contribution in [0, 0.1) is 23.7 Å². The number of ketones is 1. The van der Waals surface area contributed by atoms with Crippen LogP contribution in [0.3, 0.4) is 0 Å². The monoisotopic (exact) mass is 698 g/mol. The van der Waals surface area contributed by atoms with Crippen LogP contribution in [0.1, 0.15) is 61.3 Å². The van der Waals surface area contributed by atoms with E-state index in [0.717, 1.165) is 0 Å². The lowest BCUT2D eigenvalue weighted by Gasteiger charge is -2.47. The maximum absolute atomic E-state index is 13.1. The van der Waals surface area contributed by atoms with E-state index in [1.807, 2.05) is 20.8 Å². The maximum atomic E-state index is 13.1. The van der Waals surface area contributed by atoms with Gasteiger partial charge < -0.3 is 53.6 Å². The van der Waals surface area contributed by atoms with Gasteiger partial charge in [0, 0.05) is 44.5 Å². The Labute approximate surface area is 290 Å². The second kappa shape index (κ2) is 18.5. The van der Waals surface area contributed by atoms with E-state index in [9.17, 15) is 30.0 Å². The van der Waals surface area contributed by atoms with E-state index in [4.69, 9.17) is 33.2 Å². The predicted octanol–water partition coefficient (Wildman–Crippen LogP) is 2.23. The Balaban J connectivity index is 1.83. The molecule has 0 spiro atoms. The zero-order valence-electron chi connectivity index (χ0n) is 30.2. The van der Waals surface area contributed by atoms with Crippen LogP contribution in [0.2, 0.25) is 0 Å². The number of rotatable bonds is 8. The molecule has 0 saturated carbocycles. The summed E-state index contributed by atoms with van der Waals surface area (Å²) in [4.78, 5) is 26.2. The number of cyclic esters (lactones) is 1. The van der Waals surface area contributed by atoms with Crippen molar-refractivity contribution in [2.75, 3.05) is 20.8 Å². The van der Waals surface area contributed by atoms with Crippen LogP contribution in [-0.4, -0.2) is 126 Å². The van der Waals surface area contributed by atoms with Crippen molar-refractivity contribution in [2.24, 2.45) is 23.7 Å². The van der Waals surface area contributed by atoms with E-state index in [1.54, 1.807) is 45.1 Å². The van der Waals surface area contributed by atoms with Gasteiger partial charge in [-0.05, 0) is 46.1 Å². The van der Waals surface area contributed by atoms with Gasteiger partial charge in [-0.25, -0.2) is 4.79 Å². The van der Waals surface area contributed by atoms with Crippen molar-refractivity contribution < 1.29 is 63.2 Å². The fourth-order valence-electron chi connectivity index (χ4n) is 6.80. The highest BCUT2D eigenvalue weighted by molar-refractivity contribution is 5.91. The van der Waals surface area contributed by atoms with Crippen molar-refractivity contribution in [3.63, 3.8) is 0 Å². The summed E-state index contributed by atoms with van der Waals surface area (Å²) in [5, 5.41) is 42.9. The molecule has 13 nitrogen and oxygen atoms in total. The molecule has 280 valence electrons. The van der Waals surface area contributed by atoms with Crippen molar-refractivity contribution in [2.45, 2.75) is 134 Å². The first-order valence-electron chi connectivity index (χ1n) is 17.2. The Hall–Kier alpha value is -2.04. The first kappa shape index (κ1) is 41.4. The molecular formula is C36H58O13. The summed E-state index contributed by atoms with van der Waals surface area (Å²) in [6.07, 6.45) is 0.362. The molecule has 13 heteroatoms. The van der Waals surface area contributed by atoms with Gasteiger partial charge in [0.15, 0.2) is 18.4 Å². The van der Waals surface area contributed by atoms with E-state index < -0.39 is 90.9 Å². The lowest BCUT2D eigenvalue weighted by molar-refractivity contribution is -0.322. The zero-order valence-corrected chi connectivity index (χ0v) is 30.2.